The molecule has 1 rings (SSSR count). The van der Waals surface area contributed by atoms with E-state index in [2.05, 4.69) is 17.9 Å². The van der Waals surface area contributed by atoms with Gasteiger partial charge in [0, 0.05) is 5.25 Å². The summed E-state index contributed by atoms with van der Waals surface area (Å²) in [6.45, 7) is 0.884. The van der Waals surface area contributed by atoms with Crippen LogP contribution in [0.3, 0.4) is 0 Å². The molecular weight excluding hydrogens is 198 g/mol. The highest BCUT2D eigenvalue weighted by atomic mass is 32.1. The molecule has 0 spiro atoms. The Morgan fingerprint density at radius 2 is 2.43 bits per heavy atom. The fourth-order valence-corrected chi connectivity index (χ4v) is 2.83. The second-order valence-electron chi connectivity index (χ2n) is 4.08. The van der Waals surface area contributed by atoms with Gasteiger partial charge in [-0.3, -0.25) is 4.79 Å². The molecule has 0 amide bonds. The summed E-state index contributed by atoms with van der Waals surface area (Å²) in [6, 6.07) is 0. The molecule has 0 bridgehead atoms. The van der Waals surface area contributed by atoms with Crippen LogP contribution in [0.4, 0.5) is 0 Å². The molecule has 1 aliphatic carbocycles. The van der Waals surface area contributed by atoms with Gasteiger partial charge in [-0.2, -0.15) is 12.6 Å². The summed E-state index contributed by atoms with van der Waals surface area (Å²) < 4.78 is 0. The number of carbonyl (C=O) groups is 1. The quantitative estimate of drug-likeness (QED) is 0.483. The molecule has 0 aromatic rings. The minimum absolute atomic E-state index is 0.0388. The van der Waals surface area contributed by atoms with Crippen LogP contribution in [0, 0.1) is 5.41 Å². The summed E-state index contributed by atoms with van der Waals surface area (Å²) in [7, 11) is 1.89. The zero-order valence-corrected chi connectivity index (χ0v) is 9.52. The summed E-state index contributed by atoms with van der Waals surface area (Å²) in [5.41, 5.74) is -0.556. The zero-order valence-electron chi connectivity index (χ0n) is 8.62. The van der Waals surface area contributed by atoms with Crippen molar-refractivity contribution in [1.29, 1.82) is 0 Å². The lowest BCUT2D eigenvalue weighted by molar-refractivity contribution is -0.148. The van der Waals surface area contributed by atoms with E-state index in [4.69, 9.17) is 0 Å². The number of rotatable bonds is 5. The predicted molar refractivity (Wildman–Crippen MR) is 59.9 cm³/mol. The third-order valence-electron chi connectivity index (χ3n) is 3.21. The molecule has 1 aliphatic rings. The van der Waals surface area contributed by atoms with Crippen LogP contribution >= 0.6 is 12.6 Å². The second-order valence-corrected chi connectivity index (χ2v) is 4.70. The second kappa shape index (κ2) is 5.03. The SMILES string of the molecule is CNCCCC1(C(=O)O)CCCC1S. The molecule has 0 radical (unpaired) electrons. The molecule has 0 aliphatic heterocycles. The largest absolute Gasteiger partial charge is 0.481 e. The normalized spacial score (nSPS) is 32.0. The molecule has 4 heteroatoms. The first-order valence-corrected chi connectivity index (χ1v) is 5.71. The number of hydrogen-bond donors (Lipinski definition) is 3. The maximum Gasteiger partial charge on any atom is 0.310 e. The van der Waals surface area contributed by atoms with E-state index in [1.807, 2.05) is 7.05 Å². The average Bonchev–Trinajstić information content (AvgIpc) is 2.49. The monoisotopic (exact) mass is 217 g/mol. The van der Waals surface area contributed by atoms with Gasteiger partial charge in [-0.1, -0.05) is 6.42 Å². The Labute approximate surface area is 90.7 Å². The Balaban J connectivity index is 2.58. The van der Waals surface area contributed by atoms with Gasteiger partial charge in [0.2, 0.25) is 0 Å². The van der Waals surface area contributed by atoms with Crippen molar-refractivity contribution in [1.82, 2.24) is 5.32 Å². The fourth-order valence-electron chi connectivity index (χ4n) is 2.28. The lowest BCUT2D eigenvalue weighted by atomic mass is 9.81. The molecule has 2 N–H and O–H groups in total. The lowest BCUT2D eigenvalue weighted by Gasteiger charge is -2.28. The van der Waals surface area contributed by atoms with E-state index in [0.29, 0.717) is 0 Å². The van der Waals surface area contributed by atoms with E-state index in [0.717, 1.165) is 38.6 Å². The van der Waals surface area contributed by atoms with Gasteiger partial charge in [0.25, 0.3) is 0 Å². The standard InChI is InChI=1S/C10H19NO2S/c1-11-7-3-6-10(9(12)13)5-2-4-8(10)14/h8,11,14H,2-7H2,1H3,(H,12,13). The van der Waals surface area contributed by atoms with Crippen molar-refractivity contribution >= 4 is 18.6 Å². The number of aliphatic carboxylic acids is 1. The van der Waals surface area contributed by atoms with Crippen LogP contribution in [-0.2, 0) is 4.79 Å². The van der Waals surface area contributed by atoms with Gasteiger partial charge in [0.15, 0.2) is 0 Å². The van der Waals surface area contributed by atoms with Crippen LogP contribution in [0.5, 0.6) is 0 Å². The van der Waals surface area contributed by atoms with Crippen LogP contribution in [0.25, 0.3) is 0 Å². The fraction of sp³-hybridized carbons (Fsp3) is 0.900. The smallest absolute Gasteiger partial charge is 0.310 e. The van der Waals surface area contributed by atoms with Gasteiger partial charge in [-0.05, 0) is 39.3 Å². The van der Waals surface area contributed by atoms with E-state index in [9.17, 15) is 9.90 Å². The first kappa shape index (κ1) is 11.9. The van der Waals surface area contributed by atoms with Gasteiger partial charge in [-0.15, -0.1) is 0 Å². The molecular formula is C10H19NO2S. The summed E-state index contributed by atoms with van der Waals surface area (Å²) in [4.78, 5) is 11.3. The third-order valence-corrected chi connectivity index (χ3v) is 3.97. The first-order chi connectivity index (χ1) is 6.63. The summed E-state index contributed by atoms with van der Waals surface area (Å²) >= 11 is 4.41. The number of thiol groups is 1. The third kappa shape index (κ3) is 2.23. The molecule has 2 unspecified atom stereocenters. The van der Waals surface area contributed by atoms with Crippen molar-refractivity contribution < 1.29 is 9.90 Å². The molecule has 2 atom stereocenters. The number of hydrogen-bond acceptors (Lipinski definition) is 3. The van der Waals surface area contributed by atoms with E-state index in [1.54, 1.807) is 0 Å². The molecule has 3 nitrogen and oxygen atoms in total. The predicted octanol–water partition coefficient (Wildman–Crippen LogP) is 1.54. The summed E-state index contributed by atoms with van der Waals surface area (Å²) in [5, 5.41) is 12.3. The van der Waals surface area contributed by atoms with Crippen molar-refractivity contribution in [3.63, 3.8) is 0 Å². The molecule has 0 aromatic carbocycles. The Kier molecular flexibility index (Phi) is 4.26. The first-order valence-electron chi connectivity index (χ1n) is 5.19. The molecule has 14 heavy (non-hydrogen) atoms. The van der Waals surface area contributed by atoms with Crippen molar-refractivity contribution in [3.05, 3.63) is 0 Å². The van der Waals surface area contributed by atoms with Gasteiger partial charge >= 0.3 is 5.97 Å². The maximum atomic E-state index is 11.3. The minimum Gasteiger partial charge on any atom is -0.481 e. The van der Waals surface area contributed by atoms with E-state index in [1.165, 1.54) is 0 Å². The highest BCUT2D eigenvalue weighted by molar-refractivity contribution is 7.81. The molecule has 0 heterocycles. The van der Waals surface area contributed by atoms with Crippen LogP contribution in [0.1, 0.15) is 32.1 Å². The Morgan fingerprint density at radius 3 is 2.86 bits per heavy atom. The van der Waals surface area contributed by atoms with Crippen LogP contribution in [-0.4, -0.2) is 29.9 Å². The van der Waals surface area contributed by atoms with Gasteiger partial charge in [0.1, 0.15) is 0 Å². The zero-order chi connectivity index (χ0) is 10.6. The lowest BCUT2D eigenvalue weighted by Crippen LogP contribution is -2.36. The molecule has 1 fully saturated rings. The van der Waals surface area contributed by atoms with Crippen LogP contribution < -0.4 is 5.32 Å². The Hall–Kier alpha value is -0.220. The Bertz CT molecular complexity index is 210. The van der Waals surface area contributed by atoms with E-state index < -0.39 is 11.4 Å². The van der Waals surface area contributed by atoms with Crippen molar-refractivity contribution in [2.45, 2.75) is 37.4 Å². The van der Waals surface area contributed by atoms with Gasteiger partial charge in [0.05, 0.1) is 5.41 Å². The Morgan fingerprint density at radius 1 is 1.71 bits per heavy atom. The summed E-state index contributed by atoms with van der Waals surface area (Å²) in [5.74, 6) is -0.661. The maximum absolute atomic E-state index is 11.3. The number of carboxylic acids is 1. The van der Waals surface area contributed by atoms with Crippen molar-refractivity contribution in [2.24, 2.45) is 5.41 Å². The molecule has 1 saturated carbocycles. The van der Waals surface area contributed by atoms with Gasteiger partial charge < -0.3 is 10.4 Å². The van der Waals surface area contributed by atoms with Crippen LogP contribution in [0.15, 0.2) is 0 Å². The van der Waals surface area contributed by atoms with Gasteiger partial charge in [-0.25, -0.2) is 0 Å². The van der Waals surface area contributed by atoms with E-state index in [-0.39, 0.29) is 5.25 Å². The van der Waals surface area contributed by atoms with E-state index >= 15 is 0 Å². The highest BCUT2D eigenvalue weighted by Crippen LogP contribution is 2.45. The topological polar surface area (TPSA) is 49.3 Å². The van der Waals surface area contributed by atoms with Crippen LogP contribution in [0.2, 0.25) is 0 Å². The molecule has 82 valence electrons. The van der Waals surface area contributed by atoms with Crippen molar-refractivity contribution in [3.8, 4) is 0 Å². The highest BCUT2D eigenvalue weighted by Gasteiger charge is 2.46. The molecule has 0 saturated heterocycles. The summed E-state index contributed by atoms with van der Waals surface area (Å²) in [6.07, 6.45) is 4.40. The molecule has 0 aromatic heterocycles. The number of nitrogens with one attached hydrogen (secondary N) is 1. The average molecular weight is 217 g/mol. The van der Waals surface area contributed by atoms with Crippen molar-refractivity contribution in [2.75, 3.05) is 13.6 Å². The number of carboxylic acid groups (broad SMARTS) is 1. The minimum atomic E-state index is -0.661.